The molecule has 0 saturated carbocycles. The lowest BCUT2D eigenvalue weighted by Crippen LogP contribution is -2.19. The molecule has 0 spiro atoms. The lowest BCUT2D eigenvalue weighted by atomic mass is 10.1. The molecule has 0 aliphatic carbocycles. The Balaban J connectivity index is 2.92. The van der Waals surface area contributed by atoms with Crippen molar-refractivity contribution in [2.75, 3.05) is 0 Å². The molecule has 0 aliphatic rings. The highest BCUT2D eigenvalue weighted by molar-refractivity contribution is 5.05. The van der Waals surface area contributed by atoms with Gasteiger partial charge in [0.15, 0.2) is 0 Å². The third-order valence-electron chi connectivity index (χ3n) is 2.92. The topological polar surface area (TPSA) is 43.8 Å². The second-order valence-electron chi connectivity index (χ2n) is 4.23. The quantitative estimate of drug-likeness (QED) is 0.802. The van der Waals surface area contributed by atoms with Gasteiger partial charge in [-0.15, -0.1) is 0 Å². The van der Waals surface area contributed by atoms with Gasteiger partial charge in [-0.1, -0.05) is 20.8 Å². The smallest absolute Gasteiger partial charge is 0.0951 e. The molecule has 0 aliphatic heterocycles. The van der Waals surface area contributed by atoms with E-state index in [1.165, 1.54) is 0 Å². The van der Waals surface area contributed by atoms with Gasteiger partial charge in [0, 0.05) is 18.3 Å². The number of hydrogen-bond donors (Lipinski definition) is 1. The molecule has 0 aromatic carbocycles. The van der Waals surface area contributed by atoms with Crippen LogP contribution in [0.15, 0.2) is 12.5 Å². The van der Waals surface area contributed by atoms with Crippen molar-refractivity contribution < 1.29 is 0 Å². The average Bonchev–Trinajstić information content (AvgIpc) is 2.63. The number of hydrogen-bond acceptors (Lipinski definition) is 2. The van der Waals surface area contributed by atoms with Crippen molar-refractivity contribution in [3.8, 4) is 0 Å². The zero-order valence-electron chi connectivity index (χ0n) is 9.57. The van der Waals surface area contributed by atoms with Crippen LogP contribution in [0.1, 0.15) is 51.9 Å². The van der Waals surface area contributed by atoms with E-state index in [2.05, 4.69) is 37.2 Å². The number of aromatic nitrogens is 2. The van der Waals surface area contributed by atoms with Crippen LogP contribution in [0.3, 0.4) is 0 Å². The number of rotatable bonds is 4. The fraction of sp³-hybridized carbons (Fsp3) is 0.727. The van der Waals surface area contributed by atoms with Crippen LogP contribution in [0.5, 0.6) is 0 Å². The largest absolute Gasteiger partial charge is 0.330 e. The van der Waals surface area contributed by atoms with Crippen LogP contribution in [0.25, 0.3) is 0 Å². The lowest BCUT2D eigenvalue weighted by Gasteiger charge is -2.22. The molecule has 1 rings (SSSR count). The molecule has 0 saturated heterocycles. The summed E-state index contributed by atoms with van der Waals surface area (Å²) in [4.78, 5) is 4.18. The van der Waals surface area contributed by atoms with Crippen LogP contribution in [0, 0.1) is 5.92 Å². The van der Waals surface area contributed by atoms with E-state index in [4.69, 9.17) is 5.73 Å². The van der Waals surface area contributed by atoms with Gasteiger partial charge in [-0.25, -0.2) is 4.98 Å². The van der Waals surface area contributed by atoms with Crippen LogP contribution in [0.2, 0.25) is 0 Å². The van der Waals surface area contributed by atoms with Gasteiger partial charge in [-0.05, 0) is 19.3 Å². The van der Waals surface area contributed by atoms with E-state index < -0.39 is 0 Å². The Morgan fingerprint density at radius 1 is 1.43 bits per heavy atom. The Hall–Kier alpha value is -0.830. The summed E-state index contributed by atoms with van der Waals surface area (Å²) in [6, 6.07) is 0.573. The maximum absolute atomic E-state index is 6.02. The van der Waals surface area contributed by atoms with E-state index in [0.717, 1.165) is 12.1 Å². The third kappa shape index (κ3) is 2.15. The van der Waals surface area contributed by atoms with E-state index in [-0.39, 0.29) is 6.04 Å². The molecule has 1 aromatic heterocycles. The van der Waals surface area contributed by atoms with E-state index in [0.29, 0.717) is 12.0 Å². The first-order chi connectivity index (χ1) is 6.57. The van der Waals surface area contributed by atoms with Crippen LogP contribution >= 0.6 is 0 Å². The van der Waals surface area contributed by atoms with Crippen molar-refractivity contribution >= 4 is 0 Å². The molecule has 0 radical (unpaired) electrons. The summed E-state index contributed by atoms with van der Waals surface area (Å²) in [5.74, 6) is 0.604. The number of imidazole rings is 1. The van der Waals surface area contributed by atoms with Gasteiger partial charge in [0.1, 0.15) is 0 Å². The average molecular weight is 195 g/mol. The lowest BCUT2D eigenvalue weighted by molar-refractivity contribution is 0.389. The zero-order valence-corrected chi connectivity index (χ0v) is 9.57. The number of nitrogens with two attached hydrogens (primary N) is 1. The summed E-state index contributed by atoms with van der Waals surface area (Å²) in [7, 11) is 0. The van der Waals surface area contributed by atoms with Crippen molar-refractivity contribution in [2.24, 2.45) is 11.7 Å². The van der Waals surface area contributed by atoms with Gasteiger partial charge >= 0.3 is 0 Å². The van der Waals surface area contributed by atoms with Crippen LogP contribution in [-0.4, -0.2) is 9.55 Å². The fourth-order valence-electron chi connectivity index (χ4n) is 1.47. The molecule has 0 fully saturated rings. The SMILES string of the molecule is CC[C@@H](N)c1cncn1C(C)C(C)C. The molecule has 1 heterocycles. The second kappa shape index (κ2) is 4.60. The summed E-state index contributed by atoms with van der Waals surface area (Å²) in [6.07, 6.45) is 4.72. The van der Waals surface area contributed by atoms with E-state index in [1.54, 1.807) is 0 Å². The Morgan fingerprint density at radius 2 is 2.07 bits per heavy atom. The minimum Gasteiger partial charge on any atom is -0.330 e. The minimum atomic E-state index is 0.110. The van der Waals surface area contributed by atoms with E-state index >= 15 is 0 Å². The van der Waals surface area contributed by atoms with Crippen molar-refractivity contribution in [3.63, 3.8) is 0 Å². The zero-order chi connectivity index (χ0) is 10.7. The molecule has 80 valence electrons. The van der Waals surface area contributed by atoms with Crippen molar-refractivity contribution in [1.29, 1.82) is 0 Å². The maximum Gasteiger partial charge on any atom is 0.0951 e. The van der Waals surface area contributed by atoms with Crippen molar-refractivity contribution in [2.45, 2.75) is 46.2 Å². The van der Waals surface area contributed by atoms with Crippen LogP contribution in [0.4, 0.5) is 0 Å². The summed E-state index contributed by atoms with van der Waals surface area (Å²) in [6.45, 7) is 8.73. The highest BCUT2D eigenvalue weighted by atomic mass is 15.1. The van der Waals surface area contributed by atoms with Gasteiger partial charge in [0.2, 0.25) is 0 Å². The van der Waals surface area contributed by atoms with Gasteiger partial charge in [0.25, 0.3) is 0 Å². The molecule has 2 N–H and O–H groups in total. The van der Waals surface area contributed by atoms with Crippen LogP contribution < -0.4 is 5.73 Å². The molecular weight excluding hydrogens is 174 g/mol. The molecule has 3 heteroatoms. The highest BCUT2D eigenvalue weighted by Gasteiger charge is 2.15. The third-order valence-corrected chi connectivity index (χ3v) is 2.92. The first-order valence-corrected chi connectivity index (χ1v) is 5.35. The van der Waals surface area contributed by atoms with Gasteiger partial charge in [0.05, 0.1) is 12.0 Å². The Morgan fingerprint density at radius 3 is 2.57 bits per heavy atom. The summed E-state index contributed by atoms with van der Waals surface area (Å²) in [5, 5.41) is 0. The second-order valence-corrected chi connectivity index (χ2v) is 4.23. The number of nitrogens with zero attached hydrogens (tertiary/aromatic N) is 2. The molecule has 1 aromatic rings. The fourth-order valence-corrected chi connectivity index (χ4v) is 1.47. The van der Waals surface area contributed by atoms with Crippen molar-refractivity contribution in [1.82, 2.24) is 9.55 Å². The predicted molar refractivity (Wildman–Crippen MR) is 59.0 cm³/mol. The molecule has 3 nitrogen and oxygen atoms in total. The molecule has 0 amide bonds. The minimum absolute atomic E-state index is 0.110. The molecule has 14 heavy (non-hydrogen) atoms. The Kier molecular flexibility index (Phi) is 3.69. The highest BCUT2D eigenvalue weighted by Crippen LogP contribution is 2.22. The van der Waals surface area contributed by atoms with Gasteiger partial charge < -0.3 is 10.3 Å². The maximum atomic E-state index is 6.02. The normalized spacial score (nSPS) is 15.9. The summed E-state index contributed by atoms with van der Waals surface area (Å²) >= 11 is 0. The van der Waals surface area contributed by atoms with Gasteiger partial charge in [-0.2, -0.15) is 0 Å². The summed E-state index contributed by atoms with van der Waals surface area (Å²) in [5.41, 5.74) is 7.16. The molecular formula is C11H21N3. The summed E-state index contributed by atoms with van der Waals surface area (Å²) < 4.78 is 2.19. The van der Waals surface area contributed by atoms with E-state index in [1.807, 2.05) is 12.5 Å². The molecule has 0 bridgehead atoms. The Bertz CT molecular complexity index is 278. The molecule has 2 atom stereocenters. The monoisotopic (exact) mass is 195 g/mol. The van der Waals surface area contributed by atoms with E-state index in [9.17, 15) is 0 Å². The Labute approximate surface area is 86.3 Å². The van der Waals surface area contributed by atoms with Gasteiger partial charge in [-0.3, -0.25) is 0 Å². The standard InChI is InChI=1S/C11H21N3/c1-5-10(12)11-6-13-7-14(11)9(4)8(2)3/h6-10H,5,12H2,1-4H3/t9?,10-/m1/s1. The first-order valence-electron chi connectivity index (χ1n) is 5.35. The first kappa shape index (κ1) is 11.2. The predicted octanol–water partition coefficient (Wildman–Crippen LogP) is 2.51. The van der Waals surface area contributed by atoms with Crippen molar-refractivity contribution in [3.05, 3.63) is 18.2 Å². The molecule has 1 unspecified atom stereocenters. The van der Waals surface area contributed by atoms with Crippen LogP contribution in [-0.2, 0) is 0 Å².